The van der Waals surface area contributed by atoms with E-state index in [-0.39, 0.29) is 0 Å². The molecule has 1 saturated heterocycles. The average molecular weight is 314 g/mol. The zero-order valence-electron chi connectivity index (χ0n) is 12.8. The molecule has 0 radical (unpaired) electrons. The molecule has 118 valence electrons. The summed E-state index contributed by atoms with van der Waals surface area (Å²) in [6, 6.07) is 7.34. The maximum absolute atomic E-state index is 10.8. The molecule has 2 N–H and O–H groups in total. The van der Waals surface area contributed by atoms with Crippen molar-refractivity contribution in [1.82, 2.24) is 4.90 Å². The zero-order chi connectivity index (χ0) is 15.7. The fraction of sp³-hybridized carbons (Fsp3) is 0.625. The number of benzene rings is 1. The first-order valence-corrected chi connectivity index (χ1v) is 7.66. The zero-order valence-corrected chi connectivity index (χ0v) is 13.6. The lowest BCUT2D eigenvalue weighted by molar-refractivity contribution is -0.249. The number of ether oxygens (including phenoxy) is 1. The molecule has 1 aromatic rings. The van der Waals surface area contributed by atoms with Crippen LogP contribution in [0.2, 0.25) is 5.02 Å². The molecule has 0 aliphatic carbocycles. The van der Waals surface area contributed by atoms with Gasteiger partial charge in [0.1, 0.15) is 0 Å². The van der Waals surface area contributed by atoms with Gasteiger partial charge in [0, 0.05) is 18.1 Å². The SMILES string of the molecule is CC(C)(C)OC(O)N1CCC(O)(c2cccc(Cl)c2)CC1. The van der Waals surface area contributed by atoms with E-state index in [0.29, 0.717) is 31.0 Å². The van der Waals surface area contributed by atoms with E-state index in [2.05, 4.69) is 0 Å². The summed E-state index contributed by atoms with van der Waals surface area (Å²) in [7, 11) is 0. The highest BCUT2D eigenvalue weighted by atomic mass is 35.5. The second-order valence-corrected chi connectivity index (χ2v) is 7.07. The lowest BCUT2D eigenvalue weighted by atomic mass is 9.84. The van der Waals surface area contributed by atoms with E-state index in [1.54, 1.807) is 12.1 Å². The summed E-state index contributed by atoms with van der Waals surface area (Å²) in [6.07, 6.45) is 0.143. The molecule has 1 aliphatic heterocycles. The molecule has 0 bridgehead atoms. The topological polar surface area (TPSA) is 52.9 Å². The number of halogens is 1. The van der Waals surface area contributed by atoms with Gasteiger partial charge in [-0.1, -0.05) is 23.7 Å². The molecule has 5 heteroatoms. The van der Waals surface area contributed by atoms with E-state index in [1.165, 1.54) is 0 Å². The predicted molar refractivity (Wildman–Crippen MR) is 83.0 cm³/mol. The minimum absolute atomic E-state index is 0.403. The summed E-state index contributed by atoms with van der Waals surface area (Å²) in [5, 5.41) is 21.5. The normalized spacial score (nSPS) is 21.2. The van der Waals surface area contributed by atoms with E-state index in [1.807, 2.05) is 37.8 Å². The molecule has 21 heavy (non-hydrogen) atoms. The molecule has 4 nitrogen and oxygen atoms in total. The monoisotopic (exact) mass is 313 g/mol. The molecule has 1 unspecified atom stereocenters. The van der Waals surface area contributed by atoms with Crippen LogP contribution in [-0.4, -0.2) is 40.2 Å². The summed E-state index contributed by atoms with van der Waals surface area (Å²) >= 11 is 6.00. The van der Waals surface area contributed by atoms with E-state index in [9.17, 15) is 10.2 Å². The van der Waals surface area contributed by atoms with Gasteiger partial charge in [-0.15, -0.1) is 0 Å². The third kappa shape index (κ3) is 4.41. The van der Waals surface area contributed by atoms with Gasteiger partial charge in [0.05, 0.1) is 11.2 Å². The standard InChI is InChI=1S/C16H24ClNO3/c1-15(2,3)21-14(19)18-9-7-16(20,8-10-18)12-5-4-6-13(17)11-12/h4-6,11,14,19-20H,7-10H2,1-3H3. The Hall–Kier alpha value is -0.650. The second-order valence-electron chi connectivity index (χ2n) is 6.63. The van der Waals surface area contributed by atoms with Gasteiger partial charge >= 0.3 is 0 Å². The molecule has 0 spiro atoms. The summed E-state index contributed by atoms with van der Waals surface area (Å²) in [4.78, 5) is 1.84. The quantitative estimate of drug-likeness (QED) is 0.843. The number of piperidine rings is 1. The second kappa shape index (κ2) is 6.23. The fourth-order valence-electron chi connectivity index (χ4n) is 2.57. The summed E-state index contributed by atoms with van der Waals surface area (Å²) in [5.41, 5.74) is -0.455. The fourth-order valence-corrected chi connectivity index (χ4v) is 2.76. The highest BCUT2D eigenvalue weighted by molar-refractivity contribution is 6.30. The van der Waals surface area contributed by atoms with Crippen LogP contribution in [-0.2, 0) is 10.3 Å². The van der Waals surface area contributed by atoms with Crippen molar-refractivity contribution in [3.05, 3.63) is 34.9 Å². The molecule has 1 fully saturated rings. The van der Waals surface area contributed by atoms with Gasteiger partial charge in [-0.3, -0.25) is 4.90 Å². The van der Waals surface area contributed by atoms with E-state index >= 15 is 0 Å². The average Bonchev–Trinajstić information content (AvgIpc) is 2.37. The molecular formula is C16H24ClNO3. The Bertz CT molecular complexity index is 479. The van der Waals surface area contributed by atoms with Crippen molar-refractivity contribution in [1.29, 1.82) is 0 Å². The Labute approximate surface area is 131 Å². The molecule has 0 amide bonds. The smallest absolute Gasteiger partial charge is 0.216 e. The van der Waals surface area contributed by atoms with Gasteiger partial charge < -0.3 is 14.9 Å². The highest BCUT2D eigenvalue weighted by Crippen LogP contribution is 2.34. The number of hydrogen-bond donors (Lipinski definition) is 2. The highest BCUT2D eigenvalue weighted by Gasteiger charge is 2.36. The van der Waals surface area contributed by atoms with Gasteiger partial charge in [0.2, 0.25) is 6.41 Å². The minimum Gasteiger partial charge on any atom is -0.385 e. The summed E-state index contributed by atoms with van der Waals surface area (Å²) in [6.45, 7) is 6.86. The Balaban J connectivity index is 1.99. The Morgan fingerprint density at radius 3 is 2.43 bits per heavy atom. The summed E-state index contributed by atoms with van der Waals surface area (Å²) < 4.78 is 5.55. The molecular weight excluding hydrogens is 290 g/mol. The Kier molecular flexibility index (Phi) is 4.96. The molecule has 0 aromatic heterocycles. The van der Waals surface area contributed by atoms with Gasteiger partial charge in [-0.05, 0) is 51.3 Å². The maximum atomic E-state index is 10.8. The van der Waals surface area contributed by atoms with Crippen LogP contribution >= 0.6 is 11.6 Å². The van der Waals surface area contributed by atoms with Crippen LogP contribution in [0.25, 0.3) is 0 Å². The lowest BCUT2D eigenvalue weighted by Gasteiger charge is -2.41. The minimum atomic E-state index is -0.936. The Morgan fingerprint density at radius 2 is 1.90 bits per heavy atom. The van der Waals surface area contributed by atoms with Crippen LogP contribution < -0.4 is 0 Å². The molecule has 1 aliphatic rings. The van der Waals surface area contributed by atoms with Crippen molar-refractivity contribution < 1.29 is 14.9 Å². The van der Waals surface area contributed by atoms with Crippen molar-refractivity contribution in [3.8, 4) is 0 Å². The number of hydrogen-bond acceptors (Lipinski definition) is 4. The van der Waals surface area contributed by atoms with Gasteiger partial charge in [-0.25, -0.2) is 0 Å². The number of nitrogens with zero attached hydrogens (tertiary/aromatic N) is 1. The van der Waals surface area contributed by atoms with Crippen LogP contribution in [0.5, 0.6) is 0 Å². The van der Waals surface area contributed by atoms with Crippen LogP contribution in [0.4, 0.5) is 0 Å². The number of aliphatic hydroxyl groups excluding tert-OH is 1. The van der Waals surface area contributed by atoms with E-state index in [0.717, 1.165) is 5.56 Å². The van der Waals surface area contributed by atoms with Gasteiger partial charge in [-0.2, -0.15) is 0 Å². The first-order valence-electron chi connectivity index (χ1n) is 7.28. The molecule has 1 atom stereocenters. The molecule has 0 saturated carbocycles. The first kappa shape index (κ1) is 16.7. The first-order chi connectivity index (χ1) is 9.70. The third-order valence-electron chi connectivity index (χ3n) is 3.76. The van der Waals surface area contributed by atoms with Crippen molar-refractivity contribution in [2.75, 3.05) is 13.1 Å². The van der Waals surface area contributed by atoms with E-state index < -0.39 is 17.6 Å². The lowest BCUT2D eigenvalue weighted by Crippen LogP contribution is -2.49. The Morgan fingerprint density at radius 1 is 1.29 bits per heavy atom. The van der Waals surface area contributed by atoms with Gasteiger partial charge in [0.25, 0.3) is 0 Å². The van der Waals surface area contributed by atoms with E-state index in [4.69, 9.17) is 16.3 Å². The molecule has 2 rings (SSSR count). The predicted octanol–water partition coefficient (Wildman–Crippen LogP) is 2.71. The molecule has 1 heterocycles. The maximum Gasteiger partial charge on any atom is 0.216 e. The van der Waals surface area contributed by atoms with Crippen LogP contribution in [0.1, 0.15) is 39.2 Å². The number of aliphatic hydroxyl groups is 2. The summed E-state index contributed by atoms with van der Waals surface area (Å²) in [5.74, 6) is 0. The van der Waals surface area contributed by atoms with Crippen LogP contribution in [0.3, 0.4) is 0 Å². The van der Waals surface area contributed by atoms with Crippen LogP contribution in [0, 0.1) is 0 Å². The number of likely N-dealkylation sites (tertiary alicyclic amines) is 1. The number of rotatable bonds is 3. The van der Waals surface area contributed by atoms with Crippen molar-refractivity contribution in [2.45, 2.75) is 51.2 Å². The third-order valence-corrected chi connectivity index (χ3v) is 3.99. The van der Waals surface area contributed by atoms with Crippen molar-refractivity contribution in [3.63, 3.8) is 0 Å². The van der Waals surface area contributed by atoms with Gasteiger partial charge in [0.15, 0.2) is 0 Å². The largest absolute Gasteiger partial charge is 0.385 e. The van der Waals surface area contributed by atoms with Crippen molar-refractivity contribution in [2.24, 2.45) is 0 Å². The van der Waals surface area contributed by atoms with Crippen molar-refractivity contribution >= 4 is 11.6 Å². The van der Waals surface area contributed by atoms with Crippen LogP contribution in [0.15, 0.2) is 24.3 Å². The molecule has 1 aromatic carbocycles.